The lowest BCUT2D eigenvalue weighted by Gasteiger charge is -2.35. The highest BCUT2D eigenvalue weighted by Crippen LogP contribution is 2.37. The molecule has 0 bridgehead atoms. The van der Waals surface area contributed by atoms with E-state index in [1.807, 2.05) is 0 Å². The molecule has 0 radical (unpaired) electrons. The van der Waals surface area contributed by atoms with Crippen molar-refractivity contribution in [1.82, 2.24) is 0 Å². The lowest BCUT2D eigenvalue weighted by Crippen LogP contribution is -2.41. The Hall–Kier alpha value is -0.193. The highest BCUT2D eigenvalue weighted by molar-refractivity contribution is 6.74. The molecule has 0 amide bonds. The molecular weight excluding hydrogens is 196 g/mol. The minimum absolute atomic E-state index is 0.0154. The molecule has 1 unspecified atom stereocenters. The van der Waals surface area contributed by atoms with E-state index in [4.69, 9.17) is 9.16 Å². The van der Waals surface area contributed by atoms with Crippen LogP contribution in [0.1, 0.15) is 20.8 Å². The molecule has 0 saturated carbocycles. The van der Waals surface area contributed by atoms with E-state index < -0.39 is 8.32 Å². The van der Waals surface area contributed by atoms with Crippen LogP contribution in [0.3, 0.4) is 0 Å². The summed E-state index contributed by atoms with van der Waals surface area (Å²) in [6.07, 6.45) is 0.654. The van der Waals surface area contributed by atoms with Crippen LogP contribution in [0.4, 0.5) is 0 Å². The maximum Gasteiger partial charge on any atom is 0.192 e. The SMILES string of the molecule is CC(C)(C)[Si](C)(C)OC[C@H]1OC1C=O. The van der Waals surface area contributed by atoms with Crippen LogP contribution in [-0.2, 0) is 14.0 Å². The zero-order valence-electron chi connectivity index (χ0n) is 9.66. The number of aldehydes is 1. The van der Waals surface area contributed by atoms with Crippen molar-refractivity contribution in [2.75, 3.05) is 6.61 Å². The average molecular weight is 216 g/mol. The summed E-state index contributed by atoms with van der Waals surface area (Å²) in [4.78, 5) is 10.3. The second-order valence-corrected chi connectivity index (χ2v) is 10.2. The van der Waals surface area contributed by atoms with Gasteiger partial charge in [0.05, 0.1) is 6.61 Å². The fourth-order valence-corrected chi connectivity index (χ4v) is 1.93. The third kappa shape index (κ3) is 2.65. The number of carbonyl (C=O) groups excluding carboxylic acids is 1. The van der Waals surface area contributed by atoms with Crippen LogP contribution in [0.25, 0.3) is 0 Å². The number of epoxide rings is 1. The van der Waals surface area contributed by atoms with Crippen LogP contribution in [0.5, 0.6) is 0 Å². The first-order chi connectivity index (χ1) is 6.28. The van der Waals surface area contributed by atoms with E-state index in [0.717, 1.165) is 6.29 Å². The van der Waals surface area contributed by atoms with E-state index in [1.54, 1.807) is 0 Å². The van der Waals surface area contributed by atoms with Gasteiger partial charge in [-0.25, -0.2) is 0 Å². The summed E-state index contributed by atoms with van der Waals surface area (Å²) in [5.41, 5.74) is 0. The molecule has 1 aliphatic heterocycles. The first kappa shape index (κ1) is 11.9. The van der Waals surface area contributed by atoms with Gasteiger partial charge in [-0.1, -0.05) is 20.8 Å². The summed E-state index contributed by atoms with van der Waals surface area (Å²) in [5, 5.41) is 0.221. The molecule has 1 aliphatic rings. The molecule has 0 aliphatic carbocycles. The molecule has 1 rings (SSSR count). The van der Waals surface area contributed by atoms with Crippen molar-refractivity contribution in [2.45, 2.75) is 51.1 Å². The minimum Gasteiger partial charge on any atom is -0.414 e. The predicted molar refractivity (Wildman–Crippen MR) is 57.9 cm³/mol. The third-order valence-corrected chi connectivity index (χ3v) is 7.67. The number of rotatable bonds is 4. The quantitative estimate of drug-likeness (QED) is 0.410. The lowest BCUT2D eigenvalue weighted by atomic mass is 10.2. The van der Waals surface area contributed by atoms with Gasteiger partial charge >= 0.3 is 0 Å². The van der Waals surface area contributed by atoms with E-state index in [0.29, 0.717) is 6.61 Å². The van der Waals surface area contributed by atoms with Crippen LogP contribution in [0, 0.1) is 0 Å². The van der Waals surface area contributed by atoms with Crippen molar-refractivity contribution in [3.05, 3.63) is 0 Å². The van der Waals surface area contributed by atoms with Crippen LogP contribution in [0.15, 0.2) is 0 Å². The monoisotopic (exact) mass is 216 g/mol. The highest BCUT2D eigenvalue weighted by Gasteiger charge is 2.43. The second kappa shape index (κ2) is 3.75. The topological polar surface area (TPSA) is 38.8 Å². The highest BCUT2D eigenvalue weighted by atomic mass is 28.4. The molecule has 1 fully saturated rings. The van der Waals surface area contributed by atoms with Gasteiger partial charge in [-0.05, 0) is 18.1 Å². The van der Waals surface area contributed by atoms with Crippen LogP contribution >= 0.6 is 0 Å². The van der Waals surface area contributed by atoms with Gasteiger partial charge in [0, 0.05) is 0 Å². The maximum absolute atomic E-state index is 10.3. The molecule has 0 spiro atoms. The number of ether oxygens (including phenoxy) is 1. The molecule has 4 heteroatoms. The van der Waals surface area contributed by atoms with E-state index in [1.165, 1.54) is 0 Å². The second-order valence-electron chi connectivity index (χ2n) is 5.35. The van der Waals surface area contributed by atoms with Gasteiger partial charge < -0.3 is 14.0 Å². The molecule has 2 atom stereocenters. The molecule has 82 valence electrons. The zero-order valence-corrected chi connectivity index (χ0v) is 10.7. The summed E-state index contributed by atoms with van der Waals surface area (Å²) in [6.45, 7) is 11.6. The Morgan fingerprint density at radius 3 is 2.36 bits per heavy atom. The Balaban J connectivity index is 2.34. The van der Waals surface area contributed by atoms with Crippen molar-refractivity contribution in [1.29, 1.82) is 0 Å². The Bertz CT molecular complexity index is 220. The lowest BCUT2D eigenvalue weighted by molar-refractivity contribution is -0.108. The number of hydrogen-bond acceptors (Lipinski definition) is 3. The number of carbonyl (C=O) groups is 1. The van der Waals surface area contributed by atoms with Gasteiger partial charge in [0.2, 0.25) is 0 Å². The van der Waals surface area contributed by atoms with Crippen molar-refractivity contribution in [3.8, 4) is 0 Å². The summed E-state index contributed by atoms with van der Waals surface area (Å²) in [6, 6.07) is 0. The molecule has 0 aromatic carbocycles. The largest absolute Gasteiger partial charge is 0.414 e. The standard InChI is InChI=1S/C10H20O3Si/c1-10(2,3)14(4,5)12-7-9-8(6-11)13-9/h6,8-9H,7H2,1-5H3/t8?,9-/m1/s1. The molecule has 0 aromatic heterocycles. The van der Waals surface area contributed by atoms with Crippen LogP contribution < -0.4 is 0 Å². The summed E-state index contributed by atoms with van der Waals surface area (Å²) in [7, 11) is -1.67. The smallest absolute Gasteiger partial charge is 0.192 e. The Labute approximate surface area is 86.9 Å². The van der Waals surface area contributed by atoms with Gasteiger partial charge in [0.25, 0.3) is 0 Å². The third-order valence-electron chi connectivity index (χ3n) is 3.17. The van der Waals surface area contributed by atoms with Gasteiger partial charge in [-0.2, -0.15) is 0 Å². The molecule has 1 heterocycles. The summed E-state index contributed by atoms with van der Waals surface area (Å²) in [5.74, 6) is 0. The maximum atomic E-state index is 10.3. The van der Waals surface area contributed by atoms with E-state index in [-0.39, 0.29) is 17.2 Å². The molecule has 0 aromatic rings. The van der Waals surface area contributed by atoms with Crippen molar-refractivity contribution in [3.63, 3.8) is 0 Å². The van der Waals surface area contributed by atoms with E-state index in [9.17, 15) is 4.79 Å². The molecule has 3 nitrogen and oxygen atoms in total. The predicted octanol–water partition coefficient (Wildman–Crippen LogP) is 1.97. The molecule has 1 saturated heterocycles. The molecule has 0 N–H and O–H groups in total. The average Bonchev–Trinajstić information content (AvgIpc) is 2.77. The van der Waals surface area contributed by atoms with E-state index in [2.05, 4.69) is 33.9 Å². The van der Waals surface area contributed by atoms with Gasteiger partial charge in [-0.15, -0.1) is 0 Å². The van der Waals surface area contributed by atoms with Gasteiger partial charge in [0.15, 0.2) is 14.6 Å². The molecule has 14 heavy (non-hydrogen) atoms. The summed E-state index contributed by atoms with van der Waals surface area (Å²) >= 11 is 0. The first-order valence-corrected chi connectivity index (χ1v) is 7.93. The Morgan fingerprint density at radius 1 is 1.43 bits per heavy atom. The van der Waals surface area contributed by atoms with Crippen molar-refractivity contribution >= 4 is 14.6 Å². The first-order valence-electron chi connectivity index (χ1n) is 5.02. The summed E-state index contributed by atoms with van der Waals surface area (Å²) < 4.78 is 11.0. The Kier molecular flexibility index (Phi) is 3.19. The van der Waals surface area contributed by atoms with Crippen molar-refractivity contribution < 1.29 is 14.0 Å². The van der Waals surface area contributed by atoms with Crippen molar-refractivity contribution in [2.24, 2.45) is 0 Å². The normalized spacial score (nSPS) is 27.5. The molecular formula is C10H20O3Si. The fraction of sp³-hybridized carbons (Fsp3) is 0.900. The van der Waals surface area contributed by atoms with E-state index >= 15 is 0 Å². The van der Waals surface area contributed by atoms with Crippen LogP contribution in [0.2, 0.25) is 18.1 Å². The van der Waals surface area contributed by atoms with Gasteiger partial charge in [0.1, 0.15) is 12.2 Å². The van der Waals surface area contributed by atoms with Gasteiger partial charge in [-0.3, -0.25) is 0 Å². The zero-order chi connectivity index (χ0) is 11.0. The Morgan fingerprint density at radius 2 is 2.00 bits per heavy atom. The number of hydrogen-bond donors (Lipinski definition) is 0. The minimum atomic E-state index is -1.67. The van der Waals surface area contributed by atoms with Crippen LogP contribution in [-0.4, -0.2) is 33.4 Å². The fourth-order valence-electron chi connectivity index (χ4n) is 0.917.